The highest BCUT2D eigenvalue weighted by Crippen LogP contribution is 2.69. The standard InChI is InChI=1S/C34H53N3O4S/c1-5-24-20-26-29-13-12-27(34(29,4)17-15-30(26)33(3)16-7-6-10-28(24)33)23(2)22-41-32(38)36-42(39,40)25-11-14-31(35-21-25)37-18-8-9-19-37/h11,14,21,23-24,26-30H,5-10,12-13,15-20,22H2,1-4H3,(H,36,38)/t23-,24+,26+,27?,28+,29?,30+,33+,34-/m1/s1. The first-order chi connectivity index (χ1) is 20.1. The molecule has 1 aliphatic heterocycles. The molecule has 5 fully saturated rings. The van der Waals surface area contributed by atoms with Crippen LogP contribution in [0.1, 0.15) is 105 Å². The van der Waals surface area contributed by atoms with Crippen LogP contribution in [0, 0.1) is 52.3 Å². The number of nitrogens with zero attached hydrogens (tertiary/aromatic N) is 2. The number of hydrogen-bond acceptors (Lipinski definition) is 6. The number of carbonyl (C=O) groups excluding carboxylic acids is 1. The number of rotatable bonds is 7. The Hall–Kier alpha value is -1.83. The van der Waals surface area contributed by atoms with Crippen LogP contribution in [0.3, 0.4) is 0 Å². The van der Waals surface area contributed by atoms with Gasteiger partial charge < -0.3 is 9.64 Å². The Bertz CT molecular complexity index is 1230. The van der Waals surface area contributed by atoms with E-state index in [0.29, 0.717) is 11.3 Å². The molecule has 4 saturated carbocycles. The van der Waals surface area contributed by atoms with Crippen LogP contribution in [0.2, 0.25) is 0 Å². The summed E-state index contributed by atoms with van der Waals surface area (Å²) in [6.45, 7) is 11.9. The van der Waals surface area contributed by atoms with Crippen molar-refractivity contribution in [2.24, 2.45) is 52.3 Å². The van der Waals surface area contributed by atoms with Crippen molar-refractivity contribution in [1.29, 1.82) is 0 Å². The maximum Gasteiger partial charge on any atom is 0.421 e. The summed E-state index contributed by atoms with van der Waals surface area (Å²) >= 11 is 0. The second-order valence-corrected chi connectivity index (χ2v) is 16.8. The first-order valence-corrected chi connectivity index (χ1v) is 18.5. The highest BCUT2D eigenvalue weighted by atomic mass is 32.2. The van der Waals surface area contributed by atoms with Gasteiger partial charge in [-0.2, -0.15) is 0 Å². The van der Waals surface area contributed by atoms with Gasteiger partial charge in [0.15, 0.2) is 0 Å². The monoisotopic (exact) mass is 599 g/mol. The molecule has 2 heterocycles. The molecule has 0 bridgehead atoms. The largest absolute Gasteiger partial charge is 0.449 e. The van der Waals surface area contributed by atoms with Gasteiger partial charge in [0.2, 0.25) is 0 Å². The fourth-order valence-corrected chi connectivity index (χ4v) is 12.0. The molecule has 0 spiro atoms. The Morgan fingerprint density at radius 1 is 1.02 bits per heavy atom. The van der Waals surface area contributed by atoms with Crippen LogP contribution >= 0.6 is 0 Å². The molecule has 4 aliphatic carbocycles. The van der Waals surface area contributed by atoms with Crippen molar-refractivity contribution in [3.63, 3.8) is 0 Å². The van der Waals surface area contributed by atoms with Crippen molar-refractivity contribution in [2.75, 3.05) is 24.6 Å². The maximum absolute atomic E-state index is 12.9. The first-order valence-electron chi connectivity index (χ1n) is 17.0. The van der Waals surface area contributed by atoms with E-state index >= 15 is 0 Å². The molecule has 5 aliphatic rings. The average Bonchev–Trinajstić information content (AvgIpc) is 3.63. The van der Waals surface area contributed by atoms with Crippen LogP contribution < -0.4 is 9.62 Å². The van der Waals surface area contributed by atoms with Gasteiger partial charge in [0.1, 0.15) is 10.7 Å². The maximum atomic E-state index is 12.9. The summed E-state index contributed by atoms with van der Waals surface area (Å²) in [6.07, 6.45) is 16.2. The Balaban J connectivity index is 1.07. The van der Waals surface area contributed by atoms with Gasteiger partial charge in [-0.1, -0.05) is 47.0 Å². The third-order valence-corrected chi connectivity index (χ3v) is 14.5. The minimum absolute atomic E-state index is 0.0230. The van der Waals surface area contributed by atoms with E-state index in [1.54, 1.807) is 6.07 Å². The zero-order valence-electron chi connectivity index (χ0n) is 26.3. The smallest absolute Gasteiger partial charge is 0.421 e. The van der Waals surface area contributed by atoms with Gasteiger partial charge in [-0.3, -0.25) is 0 Å². The highest BCUT2D eigenvalue weighted by Gasteiger charge is 2.61. The van der Waals surface area contributed by atoms with Crippen molar-refractivity contribution >= 4 is 21.9 Å². The van der Waals surface area contributed by atoms with E-state index in [-0.39, 0.29) is 22.8 Å². The summed E-state index contributed by atoms with van der Waals surface area (Å²) in [5.74, 6) is 5.68. The Labute approximate surface area is 254 Å². The number of anilines is 1. The number of carbonyl (C=O) groups is 1. The van der Waals surface area contributed by atoms with E-state index in [9.17, 15) is 13.2 Å². The number of fused-ring (bicyclic) bond motifs is 5. The lowest BCUT2D eigenvalue weighted by molar-refractivity contribution is -0.138. The molecule has 1 aromatic heterocycles. The number of aromatic nitrogens is 1. The molecule has 1 N–H and O–H groups in total. The van der Waals surface area contributed by atoms with Crippen molar-refractivity contribution in [3.8, 4) is 0 Å². The van der Waals surface area contributed by atoms with Gasteiger partial charge in [0.05, 0.1) is 6.61 Å². The van der Waals surface area contributed by atoms with Crippen molar-refractivity contribution in [3.05, 3.63) is 18.3 Å². The molecule has 1 aromatic rings. The second-order valence-electron chi connectivity index (χ2n) is 15.1. The highest BCUT2D eigenvalue weighted by molar-refractivity contribution is 7.90. The summed E-state index contributed by atoms with van der Waals surface area (Å²) in [6, 6.07) is 3.22. The Kier molecular flexibility index (Phi) is 8.34. The predicted octanol–water partition coefficient (Wildman–Crippen LogP) is 7.42. The summed E-state index contributed by atoms with van der Waals surface area (Å²) in [5.41, 5.74) is 0.787. The van der Waals surface area contributed by atoms with E-state index in [4.69, 9.17) is 4.74 Å². The number of hydrogen-bond donors (Lipinski definition) is 1. The fraction of sp³-hybridized carbons (Fsp3) is 0.824. The average molecular weight is 600 g/mol. The van der Waals surface area contributed by atoms with Crippen LogP contribution in [-0.4, -0.2) is 39.2 Å². The topological polar surface area (TPSA) is 88.6 Å². The summed E-state index contributed by atoms with van der Waals surface area (Å²) in [7, 11) is -4.04. The minimum Gasteiger partial charge on any atom is -0.449 e. The van der Waals surface area contributed by atoms with Gasteiger partial charge in [-0.05, 0) is 122 Å². The van der Waals surface area contributed by atoms with Gasteiger partial charge >= 0.3 is 6.09 Å². The molecule has 6 rings (SSSR count). The third kappa shape index (κ3) is 5.26. The molecule has 9 atom stereocenters. The van der Waals surface area contributed by atoms with E-state index in [0.717, 1.165) is 61.3 Å². The van der Waals surface area contributed by atoms with Gasteiger partial charge in [0, 0.05) is 19.3 Å². The summed E-state index contributed by atoms with van der Waals surface area (Å²) in [5, 5.41) is 0. The molecule has 8 heteroatoms. The SMILES string of the molecule is CC[C@H]1C[C@H]2C3CCC([C@H](C)COC(=O)NS(=O)(=O)c4ccc(N5CCCC5)nc4)[C@@]3(C)CC[C@@H]2[C@@]2(C)CCCC[C@@H]12. The number of nitrogens with one attached hydrogen (secondary N) is 1. The molecule has 234 valence electrons. The van der Waals surface area contributed by atoms with Crippen molar-refractivity contribution in [1.82, 2.24) is 9.71 Å². The summed E-state index contributed by atoms with van der Waals surface area (Å²) in [4.78, 5) is 19.1. The Morgan fingerprint density at radius 2 is 1.79 bits per heavy atom. The molecule has 1 amide bonds. The number of sulfonamides is 1. The molecular formula is C34H53N3O4S. The van der Waals surface area contributed by atoms with Crippen molar-refractivity contribution in [2.45, 2.75) is 110 Å². The molecular weight excluding hydrogens is 546 g/mol. The van der Waals surface area contributed by atoms with Crippen LogP contribution in [0.25, 0.3) is 0 Å². The quantitative estimate of drug-likeness (QED) is 0.351. The lowest BCUT2D eigenvalue weighted by Crippen LogP contribution is -2.55. The first kappa shape index (κ1) is 30.2. The molecule has 1 saturated heterocycles. The van der Waals surface area contributed by atoms with Gasteiger partial charge in [-0.15, -0.1) is 0 Å². The molecule has 7 nitrogen and oxygen atoms in total. The van der Waals surface area contributed by atoms with Crippen LogP contribution in [0.15, 0.2) is 23.2 Å². The number of pyridine rings is 1. The van der Waals surface area contributed by atoms with Crippen LogP contribution in [0.5, 0.6) is 0 Å². The fourth-order valence-electron chi connectivity index (χ4n) is 11.2. The molecule has 0 aromatic carbocycles. The predicted molar refractivity (Wildman–Crippen MR) is 166 cm³/mol. The molecule has 42 heavy (non-hydrogen) atoms. The number of amides is 1. The zero-order valence-corrected chi connectivity index (χ0v) is 27.1. The van der Waals surface area contributed by atoms with E-state index in [2.05, 4.69) is 42.3 Å². The van der Waals surface area contributed by atoms with Gasteiger partial charge in [-0.25, -0.2) is 22.9 Å². The third-order valence-electron chi connectivity index (χ3n) is 13.2. The lowest BCUT2D eigenvalue weighted by Gasteiger charge is -2.63. The van der Waals surface area contributed by atoms with E-state index < -0.39 is 16.1 Å². The molecule has 2 unspecified atom stereocenters. The van der Waals surface area contributed by atoms with Crippen molar-refractivity contribution < 1.29 is 17.9 Å². The Morgan fingerprint density at radius 3 is 2.50 bits per heavy atom. The van der Waals surface area contributed by atoms with Crippen LogP contribution in [0.4, 0.5) is 10.6 Å². The minimum atomic E-state index is -4.04. The summed E-state index contributed by atoms with van der Waals surface area (Å²) < 4.78 is 33.4. The molecule has 0 radical (unpaired) electrons. The number of ether oxygens (including phenoxy) is 1. The van der Waals surface area contributed by atoms with Crippen LogP contribution in [-0.2, 0) is 14.8 Å². The van der Waals surface area contributed by atoms with E-state index in [1.807, 2.05) is 0 Å². The second kappa shape index (κ2) is 11.6. The zero-order chi connectivity index (χ0) is 29.7. The normalized spacial score (nSPS) is 38.7. The van der Waals surface area contributed by atoms with E-state index in [1.165, 1.54) is 76.5 Å². The lowest BCUT2D eigenvalue weighted by atomic mass is 9.42. The van der Waals surface area contributed by atoms with Gasteiger partial charge in [0.25, 0.3) is 10.0 Å².